The number of aromatic nitrogens is 2. The molecule has 0 atom stereocenters. The maximum absolute atomic E-state index is 13.1. The van der Waals surface area contributed by atoms with Gasteiger partial charge in [0.25, 0.3) is 0 Å². The minimum atomic E-state index is -0.708. The van der Waals surface area contributed by atoms with Crippen molar-refractivity contribution in [3.05, 3.63) is 58.0 Å². The molecule has 0 bridgehead atoms. The van der Waals surface area contributed by atoms with Crippen molar-refractivity contribution in [2.45, 2.75) is 64.2 Å². The number of aliphatic carboxylic acids is 1. The minimum Gasteiger partial charge on any atom is -0.481 e. The van der Waals surface area contributed by atoms with Gasteiger partial charge in [0.05, 0.1) is 21.6 Å². The zero-order valence-corrected chi connectivity index (χ0v) is 31.3. The number of thiophene rings is 2. The van der Waals surface area contributed by atoms with Gasteiger partial charge in [-0.1, -0.05) is 36.0 Å². The Morgan fingerprint density at radius 2 is 1.15 bits per heavy atom. The zero-order chi connectivity index (χ0) is 37.7. The van der Waals surface area contributed by atoms with Crippen molar-refractivity contribution in [2.75, 3.05) is 46.3 Å². The molecule has 4 aromatic heterocycles. The van der Waals surface area contributed by atoms with E-state index in [2.05, 4.69) is 25.4 Å². The molecule has 6 heterocycles. The first-order valence-corrected chi connectivity index (χ1v) is 19.6. The smallest absolute Gasteiger partial charge is 0.309 e. The molecular weight excluding hydrogens is 729 g/mol. The fourth-order valence-corrected chi connectivity index (χ4v) is 7.53. The Kier molecular flexibility index (Phi) is 15.0. The van der Waals surface area contributed by atoms with E-state index in [-0.39, 0.29) is 45.3 Å². The van der Waals surface area contributed by atoms with E-state index in [1.807, 2.05) is 0 Å². The van der Waals surface area contributed by atoms with Gasteiger partial charge >= 0.3 is 5.97 Å². The SMILES string of the molecule is CNC(=O)C1CN(CCCCCCC(=O)c2cc(-c3ccc(F)s3)on2)C1.O=C(CCCCCCN1CC(C(=O)O)C1)c1cc(-c2ccc(F)s2)on1. The van der Waals surface area contributed by atoms with E-state index < -0.39 is 5.97 Å². The van der Waals surface area contributed by atoms with E-state index in [4.69, 9.17) is 14.2 Å². The van der Waals surface area contributed by atoms with Crippen LogP contribution in [0.1, 0.15) is 85.2 Å². The molecule has 53 heavy (non-hydrogen) atoms. The molecule has 2 saturated heterocycles. The fourth-order valence-electron chi connectivity index (χ4n) is 6.18. The van der Waals surface area contributed by atoms with Crippen LogP contribution < -0.4 is 5.32 Å². The molecular formula is C37H45F2N5O7S2. The molecule has 2 fully saturated rings. The lowest BCUT2D eigenvalue weighted by Crippen LogP contribution is -2.53. The Morgan fingerprint density at radius 3 is 1.55 bits per heavy atom. The van der Waals surface area contributed by atoms with Crippen LogP contribution in [0.15, 0.2) is 45.4 Å². The highest BCUT2D eigenvalue weighted by Gasteiger charge is 2.32. The second kappa shape index (κ2) is 19.8. The third-order valence-electron chi connectivity index (χ3n) is 9.36. The van der Waals surface area contributed by atoms with Gasteiger partial charge in [-0.3, -0.25) is 19.2 Å². The maximum atomic E-state index is 13.1. The Bertz CT molecular complexity index is 1810. The summed E-state index contributed by atoms with van der Waals surface area (Å²) >= 11 is 1.92. The quantitative estimate of drug-likeness (QED) is 0.0701. The van der Waals surface area contributed by atoms with Gasteiger partial charge < -0.3 is 29.3 Å². The van der Waals surface area contributed by atoms with Crippen LogP contribution in [0.3, 0.4) is 0 Å². The number of amides is 1. The summed E-state index contributed by atoms with van der Waals surface area (Å²) in [5, 5.41) is 18.5. The number of rotatable bonds is 20. The van der Waals surface area contributed by atoms with E-state index in [1.54, 1.807) is 31.3 Å². The summed E-state index contributed by atoms with van der Waals surface area (Å²) in [4.78, 5) is 52.1. The van der Waals surface area contributed by atoms with Crippen molar-refractivity contribution in [1.29, 1.82) is 0 Å². The first-order valence-electron chi connectivity index (χ1n) is 18.0. The summed E-state index contributed by atoms with van der Waals surface area (Å²) < 4.78 is 36.4. The molecule has 286 valence electrons. The van der Waals surface area contributed by atoms with Gasteiger partial charge in [0, 0.05) is 58.2 Å². The molecule has 4 aromatic rings. The number of likely N-dealkylation sites (tertiary alicyclic amines) is 2. The van der Waals surface area contributed by atoms with Crippen molar-refractivity contribution in [2.24, 2.45) is 11.8 Å². The standard InChI is InChI=1S/C19H24FN3O3S.C18H21FN2O4S/c1-21-19(25)13-11-23(12-13)9-5-3-2-4-6-15(24)14-10-16(26-22-14)17-7-8-18(20)27-17;19-17-7-6-16(26-17)15-9-13(20-25-15)14(22)5-3-1-2-4-8-21-10-12(11-21)18(23)24/h7-8,10,13H,2-6,9,11-12H2,1H3,(H,21,25);6-7,9,12H,1-5,8,10-11H2,(H,23,24). The number of carboxylic acids is 1. The van der Waals surface area contributed by atoms with Crippen LogP contribution in [0.5, 0.6) is 0 Å². The fraction of sp³-hybridized carbons (Fsp3) is 0.514. The number of carbonyl (C=O) groups excluding carboxylic acids is 3. The average molecular weight is 774 g/mol. The molecule has 0 radical (unpaired) electrons. The van der Waals surface area contributed by atoms with Crippen molar-refractivity contribution in [3.8, 4) is 21.3 Å². The van der Waals surface area contributed by atoms with Gasteiger partial charge in [-0.05, 0) is 63.0 Å². The highest BCUT2D eigenvalue weighted by atomic mass is 32.1. The van der Waals surface area contributed by atoms with Crippen molar-refractivity contribution < 1.29 is 42.1 Å². The Balaban J connectivity index is 0.000000204. The van der Waals surface area contributed by atoms with Crippen LogP contribution in [-0.4, -0.2) is 95.0 Å². The zero-order valence-electron chi connectivity index (χ0n) is 29.7. The number of hydrogen-bond acceptors (Lipinski definition) is 12. The lowest BCUT2D eigenvalue weighted by Gasteiger charge is -2.37. The van der Waals surface area contributed by atoms with E-state index in [0.29, 0.717) is 52.9 Å². The number of carboxylic acid groups (broad SMARTS) is 1. The lowest BCUT2D eigenvalue weighted by molar-refractivity contribution is -0.147. The number of unbranched alkanes of at least 4 members (excludes halogenated alkanes) is 6. The summed E-state index contributed by atoms with van der Waals surface area (Å²) in [6.45, 7) is 4.92. The monoisotopic (exact) mass is 773 g/mol. The third-order valence-corrected chi connectivity index (χ3v) is 11.1. The highest BCUT2D eigenvalue weighted by molar-refractivity contribution is 7.14. The van der Waals surface area contributed by atoms with Gasteiger partial charge in [0.1, 0.15) is 11.4 Å². The number of halogens is 2. The normalized spacial score (nSPS) is 15.0. The molecule has 16 heteroatoms. The van der Waals surface area contributed by atoms with E-state index in [9.17, 15) is 28.0 Å². The summed E-state index contributed by atoms with van der Waals surface area (Å²) in [7, 11) is 1.67. The van der Waals surface area contributed by atoms with Crippen molar-refractivity contribution >= 4 is 46.1 Å². The molecule has 0 saturated carbocycles. The lowest BCUT2D eigenvalue weighted by atomic mass is 9.98. The van der Waals surface area contributed by atoms with Crippen LogP contribution in [0.2, 0.25) is 0 Å². The van der Waals surface area contributed by atoms with Crippen LogP contribution in [0, 0.1) is 22.1 Å². The molecule has 0 aromatic carbocycles. The molecule has 6 rings (SSSR count). The molecule has 1 amide bonds. The summed E-state index contributed by atoms with van der Waals surface area (Å²) in [6.07, 6.45) is 8.55. The predicted octanol–water partition coefficient (Wildman–Crippen LogP) is 7.05. The molecule has 2 aliphatic rings. The predicted molar refractivity (Wildman–Crippen MR) is 196 cm³/mol. The second-order valence-electron chi connectivity index (χ2n) is 13.4. The van der Waals surface area contributed by atoms with Gasteiger partial charge in [-0.2, -0.15) is 8.78 Å². The molecule has 12 nitrogen and oxygen atoms in total. The Hall–Kier alpha value is -4.12. The van der Waals surface area contributed by atoms with Gasteiger partial charge in [0.2, 0.25) is 5.91 Å². The Labute approximate surface area is 314 Å². The summed E-state index contributed by atoms with van der Waals surface area (Å²) in [5.41, 5.74) is 0.591. The van der Waals surface area contributed by atoms with Crippen LogP contribution >= 0.6 is 22.7 Å². The molecule has 0 spiro atoms. The number of Topliss-reactive ketones (excluding diaryl/α,β-unsaturated/α-hetero) is 2. The number of hydrogen-bond donors (Lipinski definition) is 2. The number of nitrogens with zero attached hydrogens (tertiary/aromatic N) is 4. The van der Waals surface area contributed by atoms with Gasteiger partial charge in [-0.15, -0.1) is 22.7 Å². The van der Waals surface area contributed by atoms with E-state index in [0.717, 1.165) is 100 Å². The second-order valence-corrected chi connectivity index (χ2v) is 15.5. The molecule has 0 aliphatic carbocycles. The number of nitrogens with one attached hydrogen (secondary N) is 1. The molecule has 0 unspecified atom stereocenters. The summed E-state index contributed by atoms with van der Waals surface area (Å²) in [5.74, 6) is 0.0943. The average Bonchev–Trinajstić information content (AvgIpc) is 3.93. The van der Waals surface area contributed by atoms with Crippen molar-refractivity contribution in [1.82, 2.24) is 25.4 Å². The Morgan fingerprint density at radius 1 is 0.717 bits per heavy atom. The van der Waals surface area contributed by atoms with Gasteiger partial charge in [0.15, 0.2) is 33.3 Å². The minimum absolute atomic E-state index is 0.0433. The van der Waals surface area contributed by atoms with Crippen molar-refractivity contribution in [3.63, 3.8) is 0 Å². The van der Waals surface area contributed by atoms with Crippen LogP contribution in [0.25, 0.3) is 21.3 Å². The number of ketones is 2. The van der Waals surface area contributed by atoms with Gasteiger partial charge in [-0.25, -0.2) is 0 Å². The third kappa shape index (κ3) is 11.9. The maximum Gasteiger partial charge on any atom is 0.309 e. The molecule has 2 N–H and O–H groups in total. The summed E-state index contributed by atoms with van der Waals surface area (Å²) in [6, 6.07) is 9.08. The first-order chi connectivity index (χ1) is 25.6. The topological polar surface area (TPSA) is 159 Å². The molecule has 2 aliphatic heterocycles. The largest absolute Gasteiger partial charge is 0.481 e. The number of carbonyl (C=O) groups is 4. The highest BCUT2D eigenvalue weighted by Crippen LogP contribution is 2.29. The van der Waals surface area contributed by atoms with Crippen LogP contribution in [-0.2, 0) is 9.59 Å². The van der Waals surface area contributed by atoms with E-state index in [1.165, 1.54) is 12.1 Å². The van der Waals surface area contributed by atoms with Crippen LogP contribution in [0.4, 0.5) is 8.78 Å². The van der Waals surface area contributed by atoms with E-state index >= 15 is 0 Å². The first kappa shape index (κ1) is 40.1.